The van der Waals surface area contributed by atoms with E-state index in [1.165, 1.54) is 18.2 Å². The number of likely N-dealkylation sites (tertiary alicyclic amines) is 1. The van der Waals surface area contributed by atoms with E-state index >= 15 is 0 Å². The van der Waals surface area contributed by atoms with Crippen LogP contribution in [0.4, 0.5) is 30.6 Å². The second-order valence-electron chi connectivity index (χ2n) is 9.92. The van der Waals surface area contributed by atoms with Gasteiger partial charge in [-0.15, -0.1) is 0 Å². The van der Waals surface area contributed by atoms with Crippen LogP contribution in [0.2, 0.25) is 0 Å². The Morgan fingerprint density at radius 2 is 2.07 bits per heavy atom. The van der Waals surface area contributed by atoms with Crippen LogP contribution in [0.5, 0.6) is 0 Å². The van der Waals surface area contributed by atoms with Crippen LogP contribution < -0.4 is 16.0 Å². The highest BCUT2D eigenvalue weighted by Gasteiger charge is 2.49. The second kappa shape index (κ2) is 15.0. The average molecular weight is 572 g/mol. The van der Waals surface area contributed by atoms with Gasteiger partial charge in [0.25, 0.3) is 5.92 Å². The Morgan fingerprint density at radius 1 is 1.27 bits per heavy atom. The Morgan fingerprint density at radius 3 is 2.80 bits per heavy atom. The third-order valence-electron chi connectivity index (χ3n) is 6.00. The molecule has 1 aromatic heterocycles. The number of rotatable bonds is 12. The summed E-state index contributed by atoms with van der Waals surface area (Å²) in [7, 11) is 3.64. The number of hydrogen-bond donors (Lipinski definition) is 3. The Bertz CT molecular complexity index is 1290. The molecule has 1 aliphatic rings. The van der Waals surface area contributed by atoms with Gasteiger partial charge in [-0.3, -0.25) is 9.59 Å². The highest BCUT2D eigenvalue weighted by atomic mass is 19.3. The summed E-state index contributed by atoms with van der Waals surface area (Å²) in [5.41, 5.74) is 1.10. The molecular formula is C29H36F3N7O2. The van der Waals surface area contributed by atoms with Crippen molar-refractivity contribution in [2.45, 2.75) is 44.6 Å². The molecule has 0 spiro atoms. The number of carbonyl (C=O) groups is 2. The predicted molar refractivity (Wildman–Crippen MR) is 152 cm³/mol. The van der Waals surface area contributed by atoms with Gasteiger partial charge in [-0.25, -0.2) is 18.2 Å². The molecule has 1 fully saturated rings. The number of amides is 2. The molecule has 1 aliphatic heterocycles. The van der Waals surface area contributed by atoms with E-state index in [-0.39, 0.29) is 12.4 Å². The zero-order chi connectivity index (χ0) is 29.8. The van der Waals surface area contributed by atoms with Crippen molar-refractivity contribution in [2.24, 2.45) is 0 Å². The normalized spacial score (nSPS) is 16.0. The van der Waals surface area contributed by atoms with Crippen molar-refractivity contribution >= 4 is 29.3 Å². The van der Waals surface area contributed by atoms with Crippen molar-refractivity contribution in [2.75, 3.05) is 50.9 Å². The van der Waals surface area contributed by atoms with Crippen LogP contribution in [-0.2, 0) is 9.59 Å². The summed E-state index contributed by atoms with van der Waals surface area (Å²) >= 11 is 0. The lowest BCUT2D eigenvalue weighted by Gasteiger charge is -2.21. The molecule has 3 rings (SSSR count). The van der Waals surface area contributed by atoms with Gasteiger partial charge in [0, 0.05) is 44.2 Å². The molecule has 2 heterocycles. The molecule has 2 aromatic rings. The molecule has 3 N–H and O–H groups in total. The molecule has 1 atom stereocenters. The van der Waals surface area contributed by atoms with Crippen LogP contribution in [-0.4, -0.2) is 83.8 Å². The Balaban J connectivity index is 1.54. The fourth-order valence-corrected chi connectivity index (χ4v) is 4.01. The number of alkyl halides is 2. The third kappa shape index (κ3) is 10.1. The van der Waals surface area contributed by atoms with Gasteiger partial charge in [-0.05, 0) is 45.1 Å². The van der Waals surface area contributed by atoms with E-state index in [1.807, 2.05) is 25.9 Å². The quantitative estimate of drug-likeness (QED) is 0.203. The van der Waals surface area contributed by atoms with Crippen LogP contribution in [0, 0.1) is 17.7 Å². The monoisotopic (exact) mass is 571 g/mol. The zero-order valence-electron chi connectivity index (χ0n) is 23.5. The maximum absolute atomic E-state index is 14.1. The fraction of sp³-hybridized carbons (Fsp3) is 0.448. The summed E-state index contributed by atoms with van der Waals surface area (Å²) in [4.78, 5) is 36.6. The van der Waals surface area contributed by atoms with Gasteiger partial charge in [0.2, 0.25) is 17.8 Å². The van der Waals surface area contributed by atoms with Gasteiger partial charge in [-0.2, -0.15) is 4.98 Å². The number of unbranched alkanes of at least 4 members (excludes halogenated alkanes) is 1. The molecule has 1 aromatic carbocycles. The number of nitrogens with one attached hydrogen (secondary N) is 3. The van der Waals surface area contributed by atoms with E-state index in [0.29, 0.717) is 48.9 Å². The second-order valence-corrected chi connectivity index (χ2v) is 9.92. The molecule has 220 valence electrons. The van der Waals surface area contributed by atoms with Crippen LogP contribution in [0.25, 0.3) is 0 Å². The standard InChI is InChI=1S/C29H36F3N7O2/c1-4-14-33-26-21(19-35-28(37-26)36-23-12-8-11-22(30)17-23)10-6-5-7-15-34-27(41)24-18-29(31,32)20-39(24)25(40)13-9-16-38(2)3/h8-9,11-13,17,19,24H,4-5,7,14-16,18,20H2,1-3H3,(H,34,41)(H2,33,35,36,37)/b13-9+/t24-/m0/s1. The van der Waals surface area contributed by atoms with Crippen LogP contribution in [0.1, 0.15) is 38.2 Å². The molecule has 0 aliphatic carbocycles. The van der Waals surface area contributed by atoms with Crippen LogP contribution >= 0.6 is 0 Å². The Kier molecular flexibility index (Phi) is 11.5. The summed E-state index contributed by atoms with van der Waals surface area (Å²) < 4.78 is 41.6. The van der Waals surface area contributed by atoms with Crippen molar-refractivity contribution in [1.82, 2.24) is 25.1 Å². The lowest BCUT2D eigenvalue weighted by Crippen LogP contribution is -2.45. The largest absolute Gasteiger partial charge is 0.369 e. The highest BCUT2D eigenvalue weighted by molar-refractivity contribution is 5.93. The first kappa shape index (κ1) is 31.4. The predicted octanol–water partition coefficient (Wildman–Crippen LogP) is 3.78. The van der Waals surface area contributed by atoms with Crippen molar-refractivity contribution < 1.29 is 22.8 Å². The highest BCUT2D eigenvalue weighted by Crippen LogP contribution is 2.32. The van der Waals surface area contributed by atoms with Gasteiger partial charge < -0.3 is 25.8 Å². The van der Waals surface area contributed by atoms with Crippen LogP contribution in [0.3, 0.4) is 0 Å². The molecule has 0 radical (unpaired) electrons. The molecule has 0 saturated carbocycles. The van der Waals surface area contributed by atoms with E-state index in [2.05, 4.69) is 37.8 Å². The minimum Gasteiger partial charge on any atom is -0.369 e. The van der Waals surface area contributed by atoms with E-state index < -0.39 is 36.7 Å². The van der Waals surface area contributed by atoms with E-state index in [9.17, 15) is 22.8 Å². The first-order valence-corrected chi connectivity index (χ1v) is 13.5. The third-order valence-corrected chi connectivity index (χ3v) is 6.00. The average Bonchev–Trinajstić information content (AvgIpc) is 3.25. The first-order chi connectivity index (χ1) is 19.6. The van der Waals surface area contributed by atoms with Crippen molar-refractivity contribution in [3.8, 4) is 11.8 Å². The minimum absolute atomic E-state index is 0.224. The molecule has 41 heavy (non-hydrogen) atoms. The number of nitrogens with zero attached hydrogens (tertiary/aromatic N) is 4. The van der Waals surface area contributed by atoms with Crippen molar-refractivity contribution in [3.05, 3.63) is 54.0 Å². The number of hydrogen-bond acceptors (Lipinski definition) is 7. The summed E-state index contributed by atoms with van der Waals surface area (Å²) in [6.07, 6.45) is 5.45. The maximum Gasteiger partial charge on any atom is 0.267 e. The Labute approximate surface area is 238 Å². The number of halogens is 3. The number of benzene rings is 1. The number of carbonyl (C=O) groups excluding carboxylic acids is 2. The number of anilines is 3. The molecular weight excluding hydrogens is 535 g/mol. The summed E-state index contributed by atoms with van der Waals surface area (Å²) in [6, 6.07) is 4.75. The SMILES string of the molecule is CCCNc1nc(Nc2cccc(F)c2)ncc1C#CCCCNC(=O)[C@@H]1CC(F)(F)CN1C(=O)/C=C/CN(C)C. The van der Waals surface area contributed by atoms with Gasteiger partial charge in [0.15, 0.2) is 0 Å². The minimum atomic E-state index is -3.12. The summed E-state index contributed by atoms with van der Waals surface area (Å²) in [5.74, 6) is 2.16. The van der Waals surface area contributed by atoms with E-state index in [4.69, 9.17) is 0 Å². The summed E-state index contributed by atoms with van der Waals surface area (Å²) in [5, 5.41) is 8.84. The number of aromatic nitrogens is 2. The lowest BCUT2D eigenvalue weighted by molar-refractivity contribution is -0.135. The first-order valence-electron chi connectivity index (χ1n) is 13.5. The lowest BCUT2D eigenvalue weighted by atomic mass is 10.1. The molecule has 0 bridgehead atoms. The molecule has 0 unspecified atom stereocenters. The summed E-state index contributed by atoms with van der Waals surface area (Å²) in [6.45, 7) is 2.61. The zero-order valence-corrected chi connectivity index (χ0v) is 23.5. The molecule has 2 amide bonds. The van der Waals surface area contributed by atoms with Crippen molar-refractivity contribution in [3.63, 3.8) is 0 Å². The fourth-order valence-electron chi connectivity index (χ4n) is 4.01. The molecule has 1 saturated heterocycles. The van der Waals surface area contributed by atoms with Gasteiger partial charge in [-0.1, -0.05) is 30.9 Å². The van der Waals surface area contributed by atoms with Crippen molar-refractivity contribution in [1.29, 1.82) is 0 Å². The topological polar surface area (TPSA) is 102 Å². The number of likely N-dealkylation sites (N-methyl/N-ethyl adjacent to an activating group) is 1. The molecule has 12 heteroatoms. The Hall–Kier alpha value is -4.11. The van der Waals surface area contributed by atoms with Gasteiger partial charge in [0.05, 0.1) is 18.3 Å². The maximum atomic E-state index is 14.1. The van der Waals surface area contributed by atoms with E-state index in [0.717, 1.165) is 11.3 Å². The van der Waals surface area contributed by atoms with Crippen LogP contribution in [0.15, 0.2) is 42.6 Å². The van der Waals surface area contributed by atoms with Gasteiger partial charge in [0.1, 0.15) is 17.7 Å². The smallest absolute Gasteiger partial charge is 0.267 e. The van der Waals surface area contributed by atoms with Gasteiger partial charge >= 0.3 is 0 Å². The van der Waals surface area contributed by atoms with E-state index in [1.54, 1.807) is 24.4 Å². The molecule has 9 nitrogen and oxygen atoms in total.